The number of guanidine groups is 1. The zero-order valence-corrected chi connectivity index (χ0v) is 14.9. The number of aromatic hydroxyl groups is 1. The van der Waals surface area contributed by atoms with Crippen LogP contribution < -0.4 is 10.6 Å². The molecule has 0 amide bonds. The molecule has 1 atom stereocenters. The van der Waals surface area contributed by atoms with Crippen molar-refractivity contribution in [1.29, 1.82) is 0 Å². The van der Waals surface area contributed by atoms with Gasteiger partial charge in [-0.3, -0.25) is 4.99 Å². The van der Waals surface area contributed by atoms with E-state index in [1.165, 1.54) is 0 Å². The molecule has 0 fully saturated rings. The predicted molar refractivity (Wildman–Crippen MR) is 97.7 cm³/mol. The normalized spacial score (nSPS) is 17.2. The van der Waals surface area contributed by atoms with Gasteiger partial charge in [0.25, 0.3) is 0 Å². The van der Waals surface area contributed by atoms with E-state index in [0.29, 0.717) is 12.3 Å². The molecule has 0 aliphatic carbocycles. The van der Waals surface area contributed by atoms with Crippen LogP contribution in [0.4, 0.5) is 0 Å². The highest BCUT2D eigenvalue weighted by Crippen LogP contribution is 2.22. The Morgan fingerprint density at radius 2 is 2.32 bits per heavy atom. The van der Waals surface area contributed by atoms with Gasteiger partial charge in [0.05, 0.1) is 6.04 Å². The van der Waals surface area contributed by atoms with E-state index < -0.39 is 0 Å². The van der Waals surface area contributed by atoms with Gasteiger partial charge < -0.3 is 15.7 Å². The number of phenolic OH excluding ortho intramolecular Hbond substituents is 1. The van der Waals surface area contributed by atoms with Gasteiger partial charge in [-0.15, -0.1) is 0 Å². The SMILES string of the molecule is CCNC(=NCCc1cccc(O)c1)NC1CCCn2nc(C)nc21. The van der Waals surface area contributed by atoms with Gasteiger partial charge in [0.15, 0.2) is 5.96 Å². The van der Waals surface area contributed by atoms with Crippen LogP contribution in [0, 0.1) is 6.92 Å². The van der Waals surface area contributed by atoms with Crippen LogP contribution in [0.1, 0.15) is 43.0 Å². The van der Waals surface area contributed by atoms with Crippen LogP contribution >= 0.6 is 0 Å². The number of nitrogens with zero attached hydrogens (tertiary/aromatic N) is 4. The number of hydrogen-bond donors (Lipinski definition) is 3. The lowest BCUT2D eigenvalue weighted by atomic mass is 10.1. The molecule has 0 saturated heterocycles. The Hall–Kier alpha value is -2.57. The van der Waals surface area contributed by atoms with E-state index in [1.807, 2.05) is 23.7 Å². The average molecular weight is 342 g/mol. The van der Waals surface area contributed by atoms with Crippen molar-refractivity contribution in [3.63, 3.8) is 0 Å². The Balaban J connectivity index is 1.65. The van der Waals surface area contributed by atoms with E-state index >= 15 is 0 Å². The Morgan fingerprint density at radius 1 is 1.44 bits per heavy atom. The number of rotatable bonds is 5. The summed E-state index contributed by atoms with van der Waals surface area (Å²) >= 11 is 0. The second-order valence-corrected chi connectivity index (χ2v) is 6.26. The predicted octanol–water partition coefficient (Wildman–Crippen LogP) is 1.92. The first-order chi connectivity index (χ1) is 12.2. The third kappa shape index (κ3) is 4.49. The number of aryl methyl sites for hydroxylation is 2. The van der Waals surface area contributed by atoms with Crippen molar-refractivity contribution in [2.45, 2.75) is 45.7 Å². The molecule has 2 heterocycles. The van der Waals surface area contributed by atoms with Gasteiger partial charge in [0.1, 0.15) is 17.4 Å². The van der Waals surface area contributed by atoms with Gasteiger partial charge in [-0.1, -0.05) is 12.1 Å². The van der Waals surface area contributed by atoms with Gasteiger partial charge in [0, 0.05) is 19.6 Å². The highest BCUT2D eigenvalue weighted by molar-refractivity contribution is 5.80. The highest BCUT2D eigenvalue weighted by atomic mass is 16.3. The molecule has 0 radical (unpaired) electrons. The zero-order valence-electron chi connectivity index (χ0n) is 14.9. The van der Waals surface area contributed by atoms with E-state index in [-0.39, 0.29) is 6.04 Å². The molecule has 7 nitrogen and oxygen atoms in total. The van der Waals surface area contributed by atoms with E-state index in [2.05, 4.69) is 32.6 Å². The third-order valence-corrected chi connectivity index (χ3v) is 4.22. The van der Waals surface area contributed by atoms with Gasteiger partial charge in [-0.05, 0) is 50.8 Å². The first-order valence-corrected chi connectivity index (χ1v) is 8.90. The van der Waals surface area contributed by atoms with Crippen LogP contribution in [0.15, 0.2) is 29.3 Å². The van der Waals surface area contributed by atoms with Gasteiger partial charge >= 0.3 is 0 Å². The lowest BCUT2D eigenvalue weighted by Gasteiger charge is -2.25. The number of benzene rings is 1. The molecule has 25 heavy (non-hydrogen) atoms. The monoisotopic (exact) mass is 342 g/mol. The number of fused-ring (bicyclic) bond motifs is 1. The fraction of sp³-hybridized carbons (Fsp3) is 0.500. The molecule has 2 aromatic rings. The summed E-state index contributed by atoms with van der Waals surface area (Å²) in [4.78, 5) is 9.23. The van der Waals surface area contributed by atoms with Crippen molar-refractivity contribution in [1.82, 2.24) is 25.4 Å². The van der Waals surface area contributed by atoms with Crippen molar-refractivity contribution in [3.8, 4) is 5.75 Å². The fourth-order valence-corrected chi connectivity index (χ4v) is 3.10. The Kier molecular flexibility index (Phi) is 5.53. The summed E-state index contributed by atoms with van der Waals surface area (Å²) in [5, 5.41) is 20.8. The molecule has 1 aromatic heterocycles. The van der Waals surface area contributed by atoms with Crippen LogP contribution in [-0.4, -0.2) is 38.9 Å². The molecule has 1 aliphatic heterocycles. The summed E-state index contributed by atoms with van der Waals surface area (Å²) in [5.41, 5.74) is 1.08. The van der Waals surface area contributed by atoms with Crippen LogP contribution in [0.2, 0.25) is 0 Å². The molecular formula is C18H26N6O. The van der Waals surface area contributed by atoms with E-state index in [4.69, 9.17) is 0 Å². The van der Waals surface area contributed by atoms with Gasteiger partial charge in [-0.25, -0.2) is 9.67 Å². The smallest absolute Gasteiger partial charge is 0.191 e. The highest BCUT2D eigenvalue weighted by Gasteiger charge is 2.24. The molecule has 1 unspecified atom stereocenters. The fourth-order valence-electron chi connectivity index (χ4n) is 3.10. The average Bonchev–Trinajstić information content (AvgIpc) is 2.96. The van der Waals surface area contributed by atoms with Crippen molar-refractivity contribution >= 4 is 5.96 Å². The number of phenols is 1. The number of hydrogen-bond acceptors (Lipinski definition) is 4. The molecule has 134 valence electrons. The molecule has 1 aliphatic rings. The first kappa shape index (κ1) is 17.3. The Labute approximate surface area is 148 Å². The number of nitrogens with one attached hydrogen (secondary N) is 2. The van der Waals surface area contributed by atoms with Crippen LogP contribution in [0.3, 0.4) is 0 Å². The largest absolute Gasteiger partial charge is 0.508 e. The maximum atomic E-state index is 9.54. The minimum Gasteiger partial charge on any atom is -0.508 e. The molecule has 0 saturated carbocycles. The van der Waals surface area contributed by atoms with E-state index in [9.17, 15) is 5.11 Å². The van der Waals surface area contributed by atoms with Gasteiger partial charge in [0.2, 0.25) is 0 Å². The summed E-state index contributed by atoms with van der Waals surface area (Å²) in [6.45, 7) is 6.37. The summed E-state index contributed by atoms with van der Waals surface area (Å²) in [6, 6.07) is 7.45. The maximum absolute atomic E-state index is 9.54. The van der Waals surface area contributed by atoms with Crippen LogP contribution in [-0.2, 0) is 13.0 Å². The molecule has 0 spiro atoms. The number of aliphatic imine (C=N–C) groups is 1. The standard InChI is InChI=1S/C18H26N6O/c1-3-19-18(20-10-9-14-6-4-7-15(25)12-14)22-16-8-5-11-24-17(16)21-13(2)23-24/h4,6-7,12,16,25H,3,5,8-11H2,1-2H3,(H2,19,20,22). The van der Waals surface area contributed by atoms with Crippen molar-refractivity contribution < 1.29 is 5.11 Å². The van der Waals surface area contributed by atoms with Gasteiger partial charge in [-0.2, -0.15) is 5.10 Å². The molecule has 3 rings (SSSR count). The van der Waals surface area contributed by atoms with Crippen molar-refractivity contribution in [2.75, 3.05) is 13.1 Å². The number of aromatic nitrogens is 3. The lowest BCUT2D eigenvalue weighted by Crippen LogP contribution is -2.41. The van der Waals surface area contributed by atoms with Crippen LogP contribution in [0.5, 0.6) is 5.75 Å². The summed E-state index contributed by atoms with van der Waals surface area (Å²) in [7, 11) is 0. The van der Waals surface area contributed by atoms with Crippen molar-refractivity contribution in [3.05, 3.63) is 41.5 Å². The molecule has 3 N–H and O–H groups in total. The molecule has 7 heteroatoms. The topological polar surface area (TPSA) is 87.4 Å². The second kappa shape index (κ2) is 8.00. The van der Waals surface area contributed by atoms with E-state index in [0.717, 1.165) is 55.5 Å². The Bertz CT molecular complexity index is 739. The molecule has 0 bridgehead atoms. The van der Waals surface area contributed by atoms with E-state index in [1.54, 1.807) is 12.1 Å². The third-order valence-electron chi connectivity index (χ3n) is 4.22. The summed E-state index contributed by atoms with van der Waals surface area (Å²) in [6.07, 6.45) is 2.89. The summed E-state index contributed by atoms with van der Waals surface area (Å²) in [5.74, 6) is 2.89. The lowest BCUT2D eigenvalue weighted by molar-refractivity contribution is 0.397. The minimum atomic E-state index is 0.133. The van der Waals surface area contributed by atoms with Crippen LogP contribution in [0.25, 0.3) is 0 Å². The summed E-state index contributed by atoms with van der Waals surface area (Å²) < 4.78 is 1.99. The molecule has 1 aromatic carbocycles. The minimum absolute atomic E-state index is 0.133. The molecular weight excluding hydrogens is 316 g/mol. The maximum Gasteiger partial charge on any atom is 0.191 e. The second-order valence-electron chi connectivity index (χ2n) is 6.26. The quantitative estimate of drug-likeness (QED) is 0.571. The zero-order chi connectivity index (χ0) is 17.6. The van der Waals surface area contributed by atoms with Crippen molar-refractivity contribution in [2.24, 2.45) is 4.99 Å². The first-order valence-electron chi connectivity index (χ1n) is 8.90. The Morgan fingerprint density at radius 3 is 3.12 bits per heavy atom.